The number of amides is 1. The summed E-state index contributed by atoms with van der Waals surface area (Å²) in [7, 11) is 0. The molecule has 0 aliphatic carbocycles. The van der Waals surface area contributed by atoms with Crippen molar-refractivity contribution < 1.29 is 13.9 Å². The summed E-state index contributed by atoms with van der Waals surface area (Å²) < 4.78 is 19.3. The fraction of sp³-hybridized carbons (Fsp3) is 0.417. The van der Waals surface area contributed by atoms with Gasteiger partial charge in [-0.05, 0) is 12.1 Å². The quantitative estimate of drug-likeness (QED) is 0.888. The Kier molecular flexibility index (Phi) is 6.54. The second-order valence-corrected chi connectivity index (χ2v) is 4.94. The Balaban J connectivity index is 0.00000180. The summed E-state index contributed by atoms with van der Waals surface area (Å²) >= 11 is 3.18. The van der Waals surface area contributed by atoms with Crippen molar-refractivity contribution in [1.29, 1.82) is 0 Å². The molecular weight excluding hydrogens is 338 g/mol. The van der Waals surface area contributed by atoms with Gasteiger partial charge in [-0.2, -0.15) is 0 Å². The Labute approximate surface area is 125 Å². The van der Waals surface area contributed by atoms with E-state index in [1.54, 1.807) is 17.0 Å². The van der Waals surface area contributed by atoms with Crippen LogP contribution in [-0.4, -0.2) is 37.2 Å². The second-order valence-electron chi connectivity index (χ2n) is 4.03. The zero-order chi connectivity index (χ0) is 13.0. The van der Waals surface area contributed by atoms with Crippen LogP contribution in [0.15, 0.2) is 22.7 Å². The molecule has 1 aliphatic heterocycles. The van der Waals surface area contributed by atoms with Crippen LogP contribution in [-0.2, 0) is 11.3 Å². The maximum atomic E-state index is 13.5. The lowest BCUT2D eigenvalue weighted by Gasteiger charge is -2.26. The molecule has 2 rings (SSSR count). The smallest absolute Gasteiger partial charge is 0.410 e. The second kappa shape index (κ2) is 7.67. The van der Waals surface area contributed by atoms with Gasteiger partial charge in [0.05, 0.1) is 0 Å². The Morgan fingerprint density at radius 2 is 2.11 bits per heavy atom. The van der Waals surface area contributed by atoms with Gasteiger partial charge in [-0.15, -0.1) is 12.4 Å². The molecule has 1 amide bonds. The summed E-state index contributed by atoms with van der Waals surface area (Å²) in [5.74, 6) is -0.377. The summed E-state index contributed by atoms with van der Waals surface area (Å²) in [4.78, 5) is 13.3. The summed E-state index contributed by atoms with van der Waals surface area (Å²) in [6.45, 7) is 2.74. The van der Waals surface area contributed by atoms with Crippen LogP contribution in [0, 0.1) is 5.82 Å². The molecule has 1 fully saturated rings. The molecule has 0 unspecified atom stereocenters. The Morgan fingerprint density at radius 1 is 1.42 bits per heavy atom. The summed E-state index contributed by atoms with van der Waals surface area (Å²) in [6.07, 6.45) is -0.390. The molecule has 4 nitrogen and oxygen atoms in total. The van der Waals surface area contributed by atoms with E-state index in [1.165, 1.54) is 6.07 Å². The fourth-order valence-corrected chi connectivity index (χ4v) is 2.05. The first-order valence-corrected chi connectivity index (χ1v) is 6.52. The van der Waals surface area contributed by atoms with Gasteiger partial charge in [0.15, 0.2) is 0 Å². The number of benzene rings is 1. The van der Waals surface area contributed by atoms with E-state index < -0.39 is 0 Å². The molecule has 0 spiro atoms. The van der Waals surface area contributed by atoms with Gasteiger partial charge in [-0.1, -0.05) is 22.0 Å². The predicted molar refractivity (Wildman–Crippen MR) is 76.0 cm³/mol. The SMILES string of the molecule is Cl.O=C(OCc1ccc(Br)cc1F)N1CCNCC1. The number of hydrogen-bond acceptors (Lipinski definition) is 3. The zero-order valence-corrected chi connectivity index (χ0v) is 12.6. The maximum absolute atomic E-state index is 13.5. The molecule has 0 aromatic heterocycles. The normalized spacial score (nSPS) is 14.7. The zero-order valence-electron chi connectivity index (χ0n) is 10.2. The van der Waals surface area contributed by atoms with Gasteiger partial charge in [0.2, 0.25) is 0 Å². The van der Waals surface area contributed by atoms with Gasteiger partial charge in [0.1, 0.15) is 12.4 Å². The van der Waals surface area contributed by atoms with Crippen molar-refractivity contribution in [2.75, 3.05) is 26.2 Å². The van der Waals surface area contributed by atoms with Crippen LogP contribution in [0.4, 0.5) is 9.18 Å². The molecule has 19 heavy (non-hydrogen) atoms. The number of nitrogens with zero attached hydrogens (tertiary/aromatic N) is 1. The van der Waals surface area contributed by atoms with Crippen molar-refractivity contribution in [2.24, 2.45) is 0 Å². The van der Waals surface area contributed by atoms with E-state index in [0.717, 1.165) is 13.1 Å². The van der Waals surface area contributed by atoms with Crippen molar-refractivity contribution in [3.8, 4) is 0 Å². The van der Waals surface area contributed by atoms with Gasteiger partial charge < -0.3 is 15.0 Å². The molecule has 1 aromatic carbocycles. The monoisotopic (exact) mass is 352 g/mol. The van der Waals surface area contributed by atoms with Crippen LogP contribution in [0.2, 0.25) is 0 Å². The van der Waals surface area contributed by atoms with Gasteiger partial charge in [0, 0.05) is 36.2 Å². The van der Waals surface area contributed by atoms with Gasteiger partial charge >= 0.3 is 6.09 Å². The molecule has 7 heteroatoms. The van der Waals surface area contributed by atoms with Gasteiger partial charge in [0.25, 0.3) is 0 Å². The van der Waals surface area contributed by atoms with Crippen molar-refractivity contribution in [1.82, 2.24) is 10.2 Å². The van der Waals surface area contributed by atoms with E-state index >= 15 is 0 Å². The third kappa shape index (κ3) is 4.63. The van der Waals surface area contributed by atoms with Crippen LogP contribution in [0.25, 0.3) is 0 Å². The van der Waals surface area contributed by atoms with E-state index in [2.05, 4.69) is 21.2 Å². The predicted octanol–water partition coefficient (Wildman–Crippen LogP) is 2.55. The molecule has 0 radical (unpaired) electrons. The molecule has 1 heterocycles. The first-order valence-electron chi connectivity index (χ1n) is 5.73. The molecule has 0 bridgehead atoms. The fourth-order valence-electron chi connectivity index (χ4n) is 1.72. The highest BCUT2D eigenvalue weighted by Gasteiger charge is 2.17. The largest absolute Gasteiger partial charge is 0.444 e. The van der Waals surface area contributed by atoms with Crippen molar-refractivity contribution in [2.45, 2.75) is 6.61 Å². The molecule has 1 aliphatic rings. The summed E-state index contributed by atoms with van der Waals surface area (Å²) in [5, 5.41) is 3.14. The van der Waals surface area contributed by atoms with Crippen LogP contribution in [0.1, 0.15) is 5.56 Å². The van der Waals surface area contributed by atoms with Crippen LogP contribution in [0.3, 0.4) is 0 Å². The van der Waals surface area contributed by atoms with E-state index in [1.807, 2.05) is 0 Å². The third-order valence-electron chi connectivity index (χ3n) is 2.74. The number of halogens is 3. The number of rotatable bonds is 2. The minimum absolute atomic E-state index is 0. The van der Waals surface area contributed by atoms with E-state index in [-0.39, 0.29) is 30.9 Å². The van der Waals surface area contributed by atoms with Crippen molar-refractivity contribution in [3.63, 3.8) is 0 Å². The van der Waals surface area contributed by atoms with Crippen molar-refractivity contribution >= 4 is 34.4 Å². The van der Waals surface area contributed by atoms with Crippen LogP contribution < -0.4 is 5.32 Å². The Bertz CT molecular complexity index is 442. The highest BCUT2D eigenvalue weighted by atomic mass is 79.9. The number of carbonyl (C=O) groups excluding carboxylic acids is 1. The lowest BCUT2D eigenvalue weighted by molar-refractivity contribution is 0.0910. The lowest BCUT2D eigenvalue weighted by atomic mass is 10.2. The Hall–Kier alpha value is -0.850. The molecular formula is C12H15BrClFN2O2. The minimum Gasteiger partial charge on any atom is -0.444 e. The number of ether oxygens (including phenoxy) is 1. The molecule has 1 saturated heterocycles. The lowest BCUT2D eigenvalue weighted by Crippen LogP contribution is -2.46. The molecule has 1 N–H and O–H groups in total. The number of piperazine rings is 1. The highest BCUT2D eigenvalue weighted by molar-refractivity contribution is 9.10. The molecule has 106 valence electrons. The van der Waals surface area contributed by atoms with Crippen LogP contribution in [0.5, 0.6) is 0 Å². The van der Waals surface area contributed by atoms with Gasteiger partial charge in [-0.25, -0.2) is 9.18 Å². The molecule has 1 aromatic rings. The van der Waals surface area contributed by atoms with E-state index in [4.69, 9.17) is 4.74 Å². The molecule has 0 atom stereocenters. The maximum Gasteiger partial charge on any atom is 0.410 e. The average Bonchev–Trinajstić information content (AvgIpc) is 2.38. The number of hydrogen-bond donors (Lipinski definition) is 1. The first kappa shape index (κ1) is 16.2. The number of nitrogens with one attached hydrogen (secondary N) is 1. The van der Waals surface area contributed by atoms with E-state index in [0.29, 0.717) is 23.1 Å². The van der Waals surface area contributed by atoms with Gasteiger partial charge in [-0.3, -0.25) is 0 Å². The Morgan fingerprint density at radius 3 is 2.74 bits per heavy atom. The van der Waals surface area contributed by atoms with Crippen LogP contribution >= 0.6 is 28.3 Å². The topological polar surface area (TPSA) is 41.6 Å². The minimum atomic E-state index is -0.390. The average molecular weight is 354 g/mol. The first-order chi connectivity index (χ1) is 8.66. The van der Waals surface area contributed by atoms with E-state index in [9.17, 15) is 9.18 Å². The summed E-state index contributed by atoms with van der Waals surface area (Å²) in [5.41, 5.74) is 0.377. The summed E-state index contributed by atoms with van der Waals surface area (Å²) in [6, 6.07) is 4.68. The third-order valence-corrected chi connectivity index (χ3v) is 3.23. The molecule has 0 saturated carbocycles. The van der Waals surface area contributed by atoms with Crippen molar-refractivity contribution in [3.05, 3.63) is 34.1 Å². The number of carbonyl (C=O) groups is 1. The highest BCUT2D eigenvalue weighted by Crippen LogP contribution is 2.16. The standard InChI is InChI=1S/C12H14BrFN2O2.ClH/c13-10-2-1-9(11(14)7-10)8-18-12(17)16-5-3-15-4-6-16;/h1-2,7,15H,3-6,8H2;1H.